The van der Waals surface area contributed by atoms with Gasteiger partial charge in [-0.2, -0.15) is 0 Å². The second kappa shape index (κ2) is 11.9. The Morgan fingerprint density at radius 1 is 0.897 bits per heavy atom. The lowest BCUT2D eigenvalue weighted by Gasteiger charge is -2.28. The molecule has 7 nitrogen and oxygen atoms in total. The summed E-state index contributed by atoms with van der Waals surface area (Å²) in [7, 11) is 0. The average molecular weight is 522 g/mol. The van der Waals surface area contributed by atoms with Gasteiger partial charge in [0.05, 0.1) is 18.8 Å². The van der Waals surface area contributed by atoms with E-state index < -0.39 is 6.10 Å². The number of ether oxygens (including phenoxy) is 1. The van der Waals surface area contributed by atoms with Gasteiger partial charge in [-0.3, -0.25) is 0 Å². The van der Waals surface area contributed by atoms with E-state index >= 15 is 0 Å². The molecule has 0 fully saturated rings. The summed E-state index contributed by atoms with van der Waals surface area (Å²) in [5.74, 6) is 0.634. The summed E-state index contributed by atoms with van der Waals surface area (Å²) in [6.07, 6.45) is 0.0610. The lowest BCUT2D eigenvalue weighted by Crippen LogP contribution is -2.46. The van der Waals surface area contributed by atoms with E-state index in [0.717, 1.165) is 28.7 Å². The Kier molecular flexibility index (Phi) is 8.12. The van der Waals surface area contributed by atoms with E-state index in [-0.39, 0.29) is 18.2 Å². The molecule has 1 aromatic heterocycles. The highest BCUT2D eigenvalue weighted by Gasteiger charge is 2.20. The number of tetrazole rings is 1. The molecule has 0 aliphatic rings. The maximum absolute atomic E-state index is 10.7. The highest BCUT2D eigenvalue weighted by molar-refractivity contribution is 5.83. The largest absolute Gasteiger partial charge is 0.389 e. The van der Waals surface area contributed by atoms with Crippen molar-refractivity contribution in [3.8, 4) is 22.5 Å². The van der Waals surface area contributed by atoms with E-state index in [2.05, 4.69) is 107 Å². The number of benzene rings is 4. The first kappa shape index (κ1) is 26.7. The van der Waals surface area contributed by atoms with Crippen LogP contribution >= 0.6 is 0 Å². The Balaban J connectivity index is 1.16. The van der Waals surface area contributed by atoms with E-state index in [4.69, 9.17) is 4.74 Å². The number of rotatable bonds is 11. The first-order valence-corrected chi connectivity index (χ1v) is 13.3. The van der Waals surface area contributed by atoms with E-state index in [9.17, 15) is 5.11 Å². The summed E-state index contributed by atoms with van der Waals surface area (Å²) in [6, 6.07) is 31.3. The zero-order valence-corrected chi connectivity index (χ0v) is 22.6. The van der Waals surface area contributed by atoms with Gasteiger partial charge < -0.3 is 15.2 Å². The van der Waals surface area contributed by atoms with E-state index in [1.165, 1.54) is 16.3 Å². The Hall–Kier alpha value is -3.91. The first-order valence-electron chi connectivity index (χ1n) is 13.3. The molecule has 4 aromatic carbocycles. The number of aromatic amines is 1. The number of H-pyrrole nitrogens is 1. The Morgan fingerprint density at radius 2 is 1.62 bits per heavy atom. The van der Waals surface area contributed by atoms with Crippen LogP contribution in [-0.2, 0) is 11.2 Å². The van der Waals surface area contributed by atoms with E-state index in [1.807, 2.05) is 31.2 Å². The van der Waals surface area contributed by atoms with Gasteiger partial charge in [-0.25, -0.2) is 5.10 Å². The highest BCUT2D eigenvalue weighted by Crippen LogP contribution is 2.31. The molecule has 0 amide bonds. The van der Waals surface area contributed by atoms with Gasteiger partial charge in [-0.1, -0.05) is 91.0 Å². The second-order valence-corrected chi connectivity index (χ2v) is 10.7. The van der Waals surface area contributed by atoms with Crippen LogP contribution in [0, 0.1) is 0 Å². The zero-order valence-electron chi connectivity index (χ0n) is 22.6. The Morgan fingerprint density at radius 3 is 2.38 bits per heavy atom. The Bertz CT molecular complexity index is 1500. The van der Waals surface area contributed by atoms with Crippen molar-refractivity contribution in [2.75, 3.05) is 13.2 Å². The number of aliphatic hydroxyl groups is 1. The molecular formula is C32H35N5O2. The van der Waals surface area contributed by atoms with Crippen LogP contribution < -0.4 is 5.32 Å². The van der Waals surface area contributed by atoms with Crippen LogP contribution in [0.3, 0.4) is 0 Å². The maximum Gasteiger partial charge on any atom is 0.179 e. The fourth-order valence-corrected chi connectivity index (χ4v) is 4.92. The lowest BCUT2D eigenvalue weighted by atomic mass is 9.93. The number of nitrogens with zero attached hydrogens (tertiary/aromatic N) is 3. The molecule has 7 heteroatoms. The van der Waals surface area contributed by atoms with Gasteiger partial charge in [0, 0.05) is 17.6 Å². The molecule has 200 valence electrons. The maximum atomic E-state index is 10.7. The molecule has 1 heterocycles. The fraction of sp³-hybridized carbons (Fsp3) is 0.281. The van der Waals surface area contributed by atoms with E-state index in [1.54, 1.807) is 0 Å². The normalized spacial score (nSPS) is 13.4. The number of nitrogens with one attached hydrogen (secondary N) is 2. The molecule has 5 rings (SSSR count). The molecule has 0 saturated heterocycles. The van der Waals surface area contributed by atoms with Crippen molar-refractivity contribution in [3.05, 3.63) is 102 Å². The van der Waals surface area contributed by atoms with Crippen LogP contribution in [-0.4, -0.2) is 50.5 Å². The summed E-state index contributed by atoms with van der Waals surface area (Å²) in [5.41, 5.74) is 5.27. The molecule has 0 saturated carbocycles. The second-order valence-electron chi connectivity index (χ2n) is 10.7. The van der Waals surface area contributed by atoms with Crippen molar-refractivity contribution in [2.24, 2.45) is 0 Å². The number of β-amino-alcohol motifs (C(OH)–C–C–N with tert-alkyl or cyclic N) is 1. The first-order chi connectivity index (χ1) is 18.9. The van der Waals surface area contributed by atoms with Crippen molar-refractivity contribution in [1.82, 2.24) is 25.9 Å². The van der Waals surface area contributed by atoms with Gasteiger partial charge in [0.2, 0.25) is 0 Å². The summed E-state index contributed by atoms with van der Waals surface area (Å²) in [6.45, 7) is 7.05. The van der Waals surface area contributed by atoms with Crippen molar-refractivity contribution >= 4 is 10.8 Å². The zero-order chi connectivity index (χ0) is 27.2. The van der Waals surface area contributed by atoms with Crippen LogP contribution in [0.5, 0.6) is 0 Å². The van der Waals surface area contributed by atoms with Crippen molar-refractivity contribution < 1.29 is 9.84 Å². The van der Waals surface area contributed by atoms with Crippen LogP contribution in [0.1, 0.15) is 38.0 Å². The number of fused-ring (bicyclic) bond motifs is 1. The van der Waals surface area contributed by atoms with Gasteiger partial charge in [-0.05, 0) is 70.6 Å². The SMILES string of the molecule is CC(OCC(O)CNC(C)(C)Cc1ccc2ccccc2c1)c1ccccc1-c1ccc(-c2nnn[nH]2)cc1. The van der Waals surface area contributed by atoms with Crippen molar-refractivity contribution in [3.63, 3.8) is 0 Å². The molecule has 39 heavy (non-hydrogen) atoms. The fourth-order valence-electron chi connectivity index (χ4n) is 4.92. The van der Waals surface area contributed by atoms with Crippen LogP contribution in [0.4, 0.5) is 0 Å². The highest BCUT2D eigenvalue weighted by atomic mass is 16.5. The summed E-state index contributed by atoms with van der Waals surface area (Å²) < 4.78 is 6.14. The van der Waals surface area contributed by atoms with Crippen LogP contribution in [0.25, 0.3) is 33.3 Å². The lowest BCUT2D eigenvalue weighted by molar-refractivity contribution is -0.00397. The number of hydrogen-bond donors (Lipinski definition) is 3. The topological polar surface area (TPSA) is 96.0 Å². The third-order valence-corrected chi connectivity index (χ3v) is 7.03. The minimum Gasteiger partial charge on any atom is -0.389 e. The van der Waals surface area contributed by atoms with E-state index in [0.29, 0.717) is 12.4 Å². The molecule has 2 unspecified atom stereocenters. The smallest absolute Gasteiger partial charge is 0.179 e. The molecule has 0 aliphatic carbocycles. The van der Waals surface area contributed by atoms with Gasteiger partial charge in [0.1, 0.15) is 0 Å². The molecule has 0 spiro atoms. The quantitative estimate of drug-likeness (QED) is 0.205. The molecule has 5 aromatic rings. The monoisotopic (exact) mass is 521 g/mol. The third-order valence-electron chi connectivity index (χ3n) is 7.03. The molecule has 3 N–H and O–H groups in total. The van der Waals surface area contributed by atoms with Gasteiger partial charge in [0.15, 0.2) is 5.82 Å². The summed E-state index contributed by atoms with van der Waals surface area (Å²) >= 11 is 0. The van der Waals surface area contributed by atoms with Crippen molar-refractivity contribution in [1.29, 1.82) is 0 Å². The predicted molar refractivity (Wildman–Crippen MR) is 155 cm³/mol. The molecular weight excluding hydrogens is 486 g/mol. The molecule has 2 atom stereocenters. The van der Waals surface area contributed by atoms with Crippen LogP contribution in [0.2, 0.25) is 0 Å². The average Bonchev–Trinajstić information content (AvgIpc) is 3.50. The Labute approximate surface area is 229 Å². The van der Waals surface area contributed by atoms with Crippen LogP contribution in [0.15, 0.2) is 91.0 Å². The van der Waals surface area contributed by atoms with Gasteiger partial charge in [0.25, 0.3) is 0 Å². The van der Waals surface area contributed by atoms with Crippen molar-refractivity contribution in [2.45, 2.75) is 44.9 Å². The summed E-state index contributed by atoms with van der Waals surface area (Å²) in [4.78, 5) is 0. The predicted octanol–water partition coefficient (Wildman–Crippen LogP) is 5.74. The van der Waals surface area contributed by atoms with Gasteiger partial charge >= 0.3 is 0 Å². The minimum atomic E-state index is -0.620. The summed E-state index contributed by atoms with van der Waals surface area (Å²) in [5, 5.41) is 30.8. The third kappa shape index (κ3) is 6.75. The number of aromatic nitrogens is 4. The number of aliphatic hydroxyl groups excluding tert-OH is 1. The minimum absolute atomic E-state index is 0.171. The number of hydrogen-bond acceptors (Lipinski definition) is 6. The standard InChI is InChI=1S/C32H35N5O2/c1-22(29-10-6-7-11-30(29)25-14-16-26(17-15-25)31-34-36-37-35-31)39-21-28(38)20-33-32(2,3)19-23-12-13-24-8-4-5-9-27(24)18-23/h4-18,22,28,33,38H,19-21H2,1-3H3,(H,34,35,36,37). The molecule has 0 aliphatic heterocycles. The molecule has 0 bridgehead atoms. The van der Waals surface area contributed by atoms with Gasteiger partial charge in [-0.15, -0.1) is 5.10 Å². The molecule has 0 radical (unpaired) electrons.